The van der Waals surface area contributed by atoms with Crippen LogP contribution < -0.4 is 10.5 Å². The van der Waals surface area contributed by atoms with Crippen molar-refractivity contribution in [1.29, 1.82) is 0 Å². The molecule has 0 aliphatic heterocycles. The van der Waals surface area contributed by atoms with Crippen molar-refractivity contribution in [2.45, 2.75) is 19.3 Å². The van der Waals surface area contributed by atoms with Crippen LogP contribution in [0.2, 0.25) is 5.02 Å². The molecule has 1 aromatic carbocycles. The minimum atomic E-state index is 0.458. The number of anilines is 1. The maximum absolute atomic E-state index is 6.05. The van der Waals surface area contributed by atoms with E-state index in [9.17, 15) is 0 Å². The molecular formula is C14H16ClN3O. The summed E-state index contributed by atoms with van der Waals surface area (Å²) in [6, 6.07) is 7.38. The zero-order chi connectivity index (χ0) is 13.2. The van der Waals surface area contributed by atoms with Crippen LogP contribution in [0.1, 0.15) is 19.3 Å². The first-order valence-electron chi connectivity index (χ1n) is 6.46. The molecule has 0 spiro atoms. The number of aromatic amines is 1. The lowest BCUT2D eigenvalue weighted by Gasteiger charge is -2.25. The molecular weight excluding hydrogens is 262 g/mol. The summed E-state index contributed by atoms with van der Waals surface area (Å²) in [5.41, 5.74) is 7.36. The second kappa shape index (κ2) is 5.13. The molecule has 1 fully saturated rings. The highest BCUT2D eigenvalue weighted by Gasteiger charge is 2.19. The van der Waals surface area contributed by atoms with Crippen LogP contribution in [0.25, 0.3) is 11.3 Å². The van der Waals surface area contributed by atoms with Gasteiger partial charge >= 0.3 is 0 Å². The molecule has 0 amide bonds. The number of nitrogens with one attached hydrogen (secondary N) is 1. The average molecular weight is 278 g/mol. The van der Waals surface area contributed by atoms with Gasteiger partial charge in [-0.15, -0.1) is 0 Å². The van der Waals surface area contributed by atoms with Gasteiger partial charge in [0.2, 0.25) is 0 Å². The molecule has 1 heterocycles. The lowest BCUT2D eigenvalue weighted by molar-refractivity contribution is 0.181. The van der Waals surface area contributed by atoms with Gasteiger partial charge in [0, 0.05) is 16.7 Å². The van der Waals surface area contributed by atoms with E-state index in [0.717, 1.165) is 23.6 Å². The van der Waals surface area contributed by atoms with Gasteiger partial charge in [-0.05, 0) is 37.0 Å². The Kier molecular flexibility index (Phi) is 3.34. The van der Waals surface area contributed by atoms with Gasteiger partial charge in [0.15, 0.2) is 0 Å². The van der Waals surface area contributed by atoms with Gasteiger partial charge in [-0.1, -0.05) is 18.0 Å². The number of hydrogen-bond donors (Lipinski definition) is 2. The summed E-state index contributed by atoms with van der Waals surface area (Å²) < 4.78 is 5.91. The number of benzene rings is 1. The fourth-order valence-electron chi connectivity index (χ4n) is 2.18. The smallest absolute Gasteiger partial charge is 0.145 e. The molecule has 2 aromatic rings. The molecule has 4 nitrogen and oxygen atoms in total. The number of hydrogen-bond acceptors (Lipinski definition) is 3. The van der Waals surface area contributed by atoms with E-state index in [2.05, 4.69) is 10.2 Å². The third-order valence-corrected chi connectivity index (χ3v) is 3.76. The zero-order valence-electron chi connectivity index (χ0n) is 10.5. The van der Waals surface area contributed by atoms with Crippen molar-refractivity contribution in [2.24, 2.45) is 5.92 Å². The Morgan fingerprint density at radius 1 is 1.37 bits per heavy atom. The van der Waals surface area contributed by atoms with E-state index in [1.807, 2.05) is 18.2 Å². The van der Waals surface area contributed by atoms with E-state index >= 15 is 0 Å². The second-order valence-corrected chi connectivity index (χ2v) is 5.39. The van der Waals surface area contributed by atoms with Crippen LogP contribution in [0.4, 0.5) is 5.82 Å². The fraction of sp³-hybridized carbons (Fsp3) is 0.357. The summed E-state index contributed by atoms with van der Waals surface area (Å²) in [5.74, 6) is 1.97. The summed E-state index contributed by atoms with van der Waals surface area (Å²) in [4.78, 5) is 0. The normalized spacial score (nSPS) is 15.2. The van der Waals surface area contributed by atoms with Crippen LogP contribution in [0.3, 0.4) is 0 Å². The molecule has 0 radical (unpaired) electrons. The number of ether oxygens (including phenoxy) is 1. The number of aromatic nitrogens is 2. The molecule has 3 N–H and O–H groups in total. The van der Waals surface area contributed by atoms with E-state index < -0.39 is 0 Å². The number of halogens is 1. The third kappa shape index (κ3) is 2.68. The van der Waals surface area contributed by atoms with E-state index in [1.165, 1.54) is 19.3 Å². The van der Waals surface area contributed by atoms with Crippen molar-refractivity contribution in [3.63, 3.8) is 0 Å². The van der Waals surface area contributed by atoms with Gasteiger partial charge < -0.3 is 10.5 Å². The maximum Gasteiger partial charge on any atom is 0.145 e. The molecule has 5 heteroatoms. The van der Waals surface area contributed by atoms with Crippen molar-refractivity contribution in [3.05, 3.63) is 29.3 Å². The highest BCUT2D eigenvalue weighted by molar-refractivity contribution is 6.30. The molecule has 1 aromatic heterocycles. The standard InChI is InChI=1S/C14H16ClN3O/c15-10-4-5-13(19-8-9-2-1-3-9)11(6-10)12-7-14(16)18-17-12/h4-7,9H,1-3,8H2,(H3,16,17,18). The van der Waals surface area contributed by atoms with E-state index in [-0.39, 0.29) is 0 Å². The van der Waals surface area contributed by atoms with Crippen LogP contribution in [0.5, 0.6) is 5.75 Å². The molecule has 0 unspecified atom stereocenters. The predicted octanol–water partition coefficient (Wildman–Crippen LogP) is 3.49. The summed E-state index contributed by atoms with van der Waals surface area (Å²) in [6.07, 6.45) is 3.85. The highest BCUT2D eigenvalue weighted by atomic mass is 35.5. The largest absolute Gasteiger partial charge is 0.493 e. The minimum Gasteiger partial charge on any atom is -0.493 e. The first kappa shape index (κ1) is 12.4. The molecule has 0 atom stereocenters. The van der Waals surface area contributed by atoms with Gasteiger partial charge in [0.25, 0.3) is 0 Å². The van der Waals surface area contributed by atoms with Crippen LogP contribution in [0, 0.1) is 5.92 Å². The van der Waals surface area contributed by atoms with E-state index in [1.54, 1.807) is 6.07 Å². The van der Waals surface area contributed by atoms with Crippen LogP contribution in [-0.4, -0.2) is 16.8 Å². The van der Waals surface area contributed by atoms with Crippen LogP contribution in [-0.2, 0) is 0 Å². The van der Waals surface area contributed by atoms with Crippen molar-refractivity contribution in [3.8, 4) is 17.0 Å². The SMILES string of the molecule is Nc1cc(-c2cc(Cl)ccc2OCC2CCC2)[nH]n1. The molecule has 100 valence electrons. The topological polar surface area (TPSA) is 63.9 Å². The monoisotopic (exact) mass is 277 g/mol. The molecule has 1 aliphatic carbocycles. The number of nitrogens with two attached hydrogens (primary N) is 1. The van der Waals surface area contributed by atoms with Crippen molar-refractivity contribution < 1.29 is 4.74 Å². The first-order valence-corrected chi connectivity index (χ1v) is 6.84. The Labute approximate surface area is 116 Å². The summed E-state index contributed by atoms with van der Waals surface area (Å²) in [7, 11) is 0. The summed E-state index contributed by atoms with van der Waals surface area (Å²) in [5, 5.41) is 7.50. The quantitative estimate of drug-likeness (QED) is 0.899. The van der Waals surface area contributed by atoms with Gasteiger partial charge in [0.1, 0.15) is 11.6 Å². The molecule has 3 rings (SSSR count). The number of nitrogens with zero attached hydrogens (tertiary/aromatic N) is 1. The number of H-pyrrole nitrogens is 1. The Hall–Kier alpha value is -1.68. The Morgan fingerprint density at radius 2 is 2.21 bits per heavy atom. The summed E-state index contributed by atoms with van der Waals surface area (Å²) in [6.45, 7) is 0.762. The maximum atomic E-state index is 6.05. The first-order chi connectivity index (χ1) is 9.22. The van der Waals surface area contributed by atoms with Crippen molar-refractivity contribution in [1.82, 2.24) is 10.2 Å². The second-order valence-electron chi connectivity index (χ2n) is 4.95. The van der Waals surface area contributed by atoms with Gasteiger partial charge in [0.05, 0.1) is 12.3 Å². The lowest BCUT2D eigenvalue weighted by Crippen LogP contribution is -2.19. The molecule has 19 heavy (non-hydrogen) atoms. The predicted molar refractivity (Wildman–Crippen MR) is 76.3 cm³/mol. The van der Waals surface area contributed by atoms with Crippen LogP contribution >= 0.6 is 11.6 Å². The summed E-state index contributed by atoms with van der Waals surface area (Å²) >= 11 is 6.05. The number of rotatable bonds is 4. The molecule has 0 saturated heterocycles. The Bertz CT molecular complexity index is 578. The highest BCUT2D eigenvalue weighted by Crippen LogP contribution is 2.34. The van der Waals surface area contributed by atoms with Gasteiger partial charge in [-0.25, -0.2) is 0 Å². The minimum absolute atomic E-state index is 0.458. The van der Waals surface area contributed by atoms with Crippen molar-refractivity contribution >= 4 is 17.4 Å². The molecule has 1 saturated carbocycles. The Balaban J connectivity index is 1.85. The average Bonchev–Trinajstić information content (AvgIpc) is 2.75. The van der Waals surface area contributed by atoms with Gasteiger partial charge in [-0.2, -0.15) is 5.10 Å². The van der Waals surface area contributed by atoms with Crippen molar-refractivity contribution in [2.75, 3.05) is 12.3 Å². The van der Waals surface area contributed by atoms with Crippen LogP contribution in [0.15, 0.2) is 24.3 Å². The van der Waals surface area contributed by atoms with E-state index in [4.69, 9.17) is 22.1 Å². The zero-order valence-corrected chi connectivity index (χ0v) is 11.3. The lowest BCUT2D eigenvalue weighted by atomic mass is 9.86. The van der Waals surface area contributed by atoms with Gasteiger partial charge in [-0.3, -0.25) is 5.10 Å². The Morgan fingerprint density at radius 3 is 2.84 bits per heavy atom. The third-order valence-electron chi connectivity index (χ3n) is 3.53. The molecule has 0 bridgehead atoms. The van der Waals surface area contributed by atoms with E-state index in [0.29, 0.717) is 16.8 Å². The number of nitrogen functional groups attached to an aromatic ring is 1. The molecule has 1 aliphatic rings. The fourth-order valence-corrected chi connectivity index (χ4v) is 2.35.